The van der Waals surface area contributed by atoms with Crippen molar-refractivity contribution in [2.24, 2.45) is 5.92 Å². The molecule has 22 heavy (non-hydrogen) atoms. The minimum Gasteiger partial charge on any atom is -0.339 e. The van der Waals surface area contributed by atoms with Crippen LogP contribution >= 0.6 is 0 Å². The fourth-order valence-corrected chi connectivity index (χ4v) is 3.57. The molecule has 0 aromatic heterocycles. The maximum absolute atomic E-state index is 12.6. The van der Waals surface area contributed by atoms with Gasteiger partial charge in [0.25, 0.3) is 5.91 Å². The fraction of sp³-hybridized carbons (Fsp3) is 0.556. The molecule has 0 spiro atoms. The van der Waals surface area contributed by atoms with Crippen molar-refractivity contribution in [3.05, 3.63) is 29.3 Å². The number of hydrogen-bond donors (Lipinski definition) is 0. The van der Waals surface area contributed by atoms with Gasteiger partial charge in [-0.15, -0.1) is 0 Å². The van der Waals surface area contributed by atoms with Gasteiger partial charge < -0.3 is 9.80 Å². The number of nitrogens with zero attached hydrogens (tertiary/aromatic N) is 2. The second-order valence-electron chi connectivity index (χ2n) is 6.64. The van der Waals surface area contributed by atoms with Crippen molar-refractivity contribution in [3.8, 4) is 0 Å². The Hall–Kier alpha value is -1.84. The van der Waals surface area contributed by atoms with Crippen LogP contribution in [-0.2, 0) is 11.2 Å². The number of fused-ring (bicyclic) bond motifs is 1. The van der Waals surface area contributed by atoms with Gasteiger partial charge in [-0.1, -0.05) is 6.92 Å². The van der Waals surface area contributed by atoms with E-state index in [1.54, 1.807) is 6.92 Å². The van der Waals surface area contributed by atoms with Gasteiger partial charge in [0.1, 0.15) is 0 Å². The maximum Gasteiger partial charge on any atom is 0.253 e. The molecule has 0 saturated carbocycles. The SMILES string of the molecule is CC(=O)N1CC(C)Cc2cc(C(=O)N3CCCCC3)ccc21. The highest BCUT2D eigenvalue weighted by atomic mass is 16.2. The zero-order chi connectivity index (χ0) is 15.7. The first kappa shape index (κ1) is 15.1. The first-order valence-corrected chi connectivity index (χ1v) is 8.26. The number of hydrogen-bond acceptors (Lipinski definition) is 2. The van der Waals surface area contributed by atoms with Crippen molar-refractivity contribution in [1.82, 2.24) is 4.90 Å². The van der Waals surface area contributed by atoms with Crippen molar-refractivity contribution >= 4 is 17.5 Å². The first-order chi connectivity index (χ1) is 10.6. The van der Waals surface area contributed by atoms with Gasteiger partial charge in [0, 0.05) is 37.8 Å². The number of benzene rings is 1. The van der Waals surface area contributed by atoms with Crippen LogP contribution in [0, 0.1) is 5.92 Å². The summed E-state index contributed by atoms with van der Waals surface area (Å²) < 4.78 is 0. The Morgan fingerprint density at radius 1 is 1.14 bits per heavy atom. The highest BCUT2D eigenvalue weighted by molar-refractivity contribution is 5.97. The van der Waals surface area contributed by atoms with Crippen molar-refractivity contribution in [2.75, 3.05) is 24.5 Å². The van der Waals surface area contributed by atoms with E-state index >= 15 is 0 Å². The molecule has 2 aliphatic rings. The Labute approximate surface area is 132 Å². The van der Waals surface area contributed by atoms with E-state index in [-0.39, 0.29) is 11.8 Å². The molecular weight excluding hydrogens is 276 g/mol. The molecule has 0 bridgehead atoms. The smallest absolute Gasteiger partial charge is 0.253 e. The van der Waals surface area contributed by atoms with Gasteiger partial charge in [0.2, 0.25) is 5.91 Å². The highest BCUT2D eigenvalue weighted by Crippen LogP contribution is 2.31. The third-order valence-corrected chi connectivity index (χ3v) is 4.70. The molecule has 4 heteroatoms. The summed E-state index contributed by atoms with van der Waals surface area (Å²) in [6.07, 6.45) is 4.36. The van der Waals surface area contributed by atoms with Crippen LogP contribution in [0.5, 0.6) is 0 Å². The summed E-state index contributed by atoms with van der Waals surface area (Å²) in [5, 5.41) is 0. The summed E-state index contributed by atoms with van der Waals surface area (Å²) in [7, 11) is 0. The Morgan fingerprint density at radius 2 is 1.86 bits per heavy atom. The molecule has 1 unspecified atom stereocenters. The Morgan fingerprint density at radius 3 is 2.55 bits per heavy atom. The van der Waals surface area contributed by atoms with Crippen LogP contribution in [0.15, 0.2) is 18.2 Å². The summed E-state index contributed by atoms with van der Waals surface area (Å²) in [6, 6.07) is 5.82. The Kier molecular flexibility index (Phi) is 4.19. The standard InChI is InChI=1S/C18H24N2O2/c1-13-10-16-11-15(18(22)19-8-4-3-5-9-19)6-7-17(16)20(12-13)14(2)21/h6-7,11,13H,3-5,8-10,12H2,1-2H3. The summed E-state index contributed by atoms with van der Waals surface area (Å²) in [5.74, 6) is 0.634. The minimum absolute atomic E-state index is 0.0721. The normalized spacial score (nSPS) is 21.5. The monoisotopic (exact) mass is 300 g/mol. The van der Waals surface area contributed by atoms with Gasteiger partial charge in [0.05, 0.1) is 0 Å². The third-order valence-electron chi connectivity index (χ3n) is 4.70. The lowest BCUT2D eigenvalue weighted by Crippen LogP contribution is -2.38. The van der Waals surface area contributed by atoms with Crippen LogP contribution in [0.1, 0.15) is 49.0 Å². The van der Waals surface area contributed by atoms with Gasteiger partial charge in [-0.2, -0.15) is 0 Å². The number of likely N-dealkylation sites (tertiary alicyclic amines) is 1. The molecular formula is C18H24N2O2. The van der Waals surface area contributed by atoms with E-state index in [0.717, 1.165) is 55.7 Å². The zero-order valence-electron chi connectivity index (χ0n) is 13.5. The molecule has 1 fully saturated rings. The summed E-state index contributed by atoms with van der Waals surface area (Å²) >= 11 is 0. The van der Waals surface area contributed by atoms with E-state index in [9.17, 15) is 9.59 Å². The van der Waals surface area contributed by atoms with Crippen LogP contribution in [0.4, 0.5) is 5.69 Å². The summed E-state index contributed by atoms with van der Waals surface area (Å²) in [6.45, 7) is 6.26. The lowest BCUT2D eigenvalue weighted by atomic mass is 9.92. The molecule has 2 aliphatic heterocycles. The second kappa shape index (κ2) is 6.11. The molecule has 1 saturated heterocycles. The van der Waals surface area contributed by atoms with Crippen LogP contribution < -0.4 is 4.90 Å². The number of carbonyl (C=O) groups excluding carboxylic acids is 2. The number of amides is 2. The molecule has 3 rings (SSSR count). The minimum atomic E-state index is 0.0721. The molecule has 2 heterocycles. The predicted octanol–water partition coefficient (Wildman–Crippen LogP) is 2.86. The lowest BCUT2D eigenvalue weighted by molar-refractivity contribution is -0.116. The van der Waals surface area contributed by atoms with Crippen LogP contribution in [0.2, 0.25) is 0 Å². The van der Waals surface area contributed by atoms with Gasteiger partial charge >= 0.3 is 0 Å². The van der Waals surface area contributed by atoms with E-state index in [4.69, 9.17) is 0 Å². The molecule has 2 amide bonds. The van der Waals surface area contributed by atoms with Crippen LogP contribution in [0.3, 0.4) is 0 Å². The van der Waals surface area contributed by atoms with Gasteiger partial charge in [0.15, 0.2) is 0 Å². The van der Waals surface area contributed by atoms with Gasteiger partial charge in [-0.3, -0.25) is 9.59 Å². The van der Waals surface area contributed by atoms with E-state index in [2.05, 4.69) is 6.92 Å². The van der Waals surface area contributed by atoms with Gasteiger partial charge in [-0.25, -0.2) is 0 Å². The molecule has 118 valence electrons. The average molecular weight is 300 g/mol. The average Bonchev–Trinajstić information content (AvgIpc) is 2.53. The molecule has 1 atom stereocenters. The first-order valence-electron chi connectivity index (χ1n) is 8.26. The van der Waals surface area contributed by atoms with E-state index in [0.29, 0.717) is 5.92 Å². The number of carbonyl (C=O) groups is 2. The largest absolute Gasteiger partial charge is 0.339 e. The zero-order valence-corrected chi connectivity index (χ0v) is 13.5. The lowest BCUT2D eigenvalue weighted by Gasteiger charge is -2.33. The summed E-state index contributed by atoms with van der Waals surface area (Å²) in [4.78, 5) is 28.2. The highest BCUT2D eigenvalue weighted by Gasteiger charge is 2.26. The number of piperidine rings is 1. The van der Waals surface area contributed by atoms with Crippen molar-refractivity contribution in [2.45, 2.75) is 39.5 Å². The third kappa shape index (κ3) is 2.87. The maximum atomic E-state index is 12.6. The van der Waals surface area contributed by atoms with E-state index in [1.807, 2.05) is 28.0 Å². The van der Waals surface area contributed by atoms with Crippen LogP contribution in [0.25, 0.3) is 0 Å². The summed E-state index contributed by atoms with van der Waals surface area (Å²) in [5.41, 5.74) is 2.86. The predicted molar refractivity (Wildman–Crippen MR) is 87.1 cm³/mol. The van der Waals surface area contributed by atoms with Crippen LogP contribution in [-0.4, -0.2) is 36.3 Å². The molecule has 0 radical (unpaired) electrons. The Bertz CT molecular complexity index is 591. The van der Waals surface area contributed by atoms with Crippen molar-refractivity contribution in [3.63, 3.8) is 0 Å². The van der Waals surface area contributed by atoms with E-state index in [1.165, 1.54) is 6.42 Å². The molecule has 4 nitrogen and oxygen atoms in total. The number of anilines is 1. The van der Waals surface area contributed by atoms with E-state index < -0.39 is 0 Å². The molecule has 0 aliphatic carbocycles. The Balaban J connectivity index is 1.88. The quantitative estimate of drug-likeness (QED) is 0.800. The molecule has 1 aromatic rings. The second-order valence-corrected chi connectivity index (χ2v) is 6.64. The molecule has 0 N–H and O–H groups in total. The van der Waals surface area contributed by atoms with Crippen molar-refractivity contribution < 1.29 is 9.59 Å². The molecule has 1 aromatic carbocycles. The topological polar surface area (TPSA) is 40.6 Å². The van der Waals surface area contributed by atoms with Crippen molar-refractivity contribution in [1.29, 1.82) is 0 Å². The number of rotatable bonds is 1. The van der Waals surface area contributed by atoms with Gasteiger partial charge in [-0.05, 0) is 55.4 Å². The fourth-order valence-electron chi connectivity index (χ4n) is 3.57.